The Morgan fingerprint density at radius 3 is 2.62 bits per heavy atom. The van der Waals surface area contributed by atoms with Gasteiger partial charge in [0.15, 0.2) is 0 Å². The highest BCUT2D eigenvalue weighted by Gasteiger charge is 2.32. The van der Waals surface area contributed by atoms with E-state index < -0.39 is 5.97 Å². The number of rotatable bonds is 6. The van der Waals surface area contributed by atoms with Crippen molar-refractivity contribution in [2.45, 2.75) is 19.9 Å². The third kappa shape index (κ3) is 4.29. The summed E-state index contributed by atoms with van der Waals surface area (Å²) in [5.74, 6) is -1.37. The molecular weight excluding hydrogens is 423 g/mol. The molecule has 0 radical (unpaired) electrons. The Kier molecular flexibility index (Phi) is 5.49. The summed E-state index contributed by atoms with van der Waals surface area (Å²) in [6.07, 6.45) is 0.840. The number of halogens is 1. The number of aliphatic carboxylic acids is 1. The van der Waals surface area contributed by atoms with Crippen molar-refractivity contribution >= 4 is 27.5 Å². The zero-order valence-electron chi connectivity index (χ0n) is 17.7. The summed E-state index contributed by atoms with van der Waals surface area (Å²) in [5, 5.41) is 9.67. The van der Waals surface area contributed by atoms with Gasteiger partial charge in [-0.15, -0.1) is 11.3 Å². The second-order valence-corrected chi connectivity index (χ2v) is 9.56. The second-order valence-electron chi connectivity index (χ2n) is 8.53. The highest BCUT2D eigenvalue weighted by molar-refractivity contribution is 7.21. The van der Waals surface area contributed by atoms with Gasteiger partial charge in [-0.05, 0) is 54.3 Å². The van der Waals surface area contributed by atoms with Gasteiger partial charge in [0.25, 0.3) is 0 Å². The van der Waals surface area contributed by atoms with Gasteiger partial charge in [0, 0.05) is 25.2 Å². The molecule has 6 heteroatoms. The fourth-order valence-electron chi connectivity index (χ4n) is 4.20. The summed E-state index contributed by atoms with van der Waals surface area (Å²) in [6.45, 7) is 3.68. The molecule has 162 valence electrons. The minimum absolute atomic E-state index is 0.295. The predicted molar refractivity (Wildman–Crippen MR) is 125 cm³/mol. The number of aryl methyl sites for hydroxylation is 1. The van der Waals surface area contributed by atoms with Gasteiger partial charge in [0.05, 0.1) is 16.1 Å². The molecule has 0 saturated carbocycles. The van der Waals surface area contributed by atoms with Crippen molar-refractivity contribution < 1.29 is 14.3 Å². The summed E-state index contributed by atoms with van der Waals surface area (Å²) < 4.78 is 15.9. The number of fused-ring (bicyclic) bond motifs is 1. The van der Waals surface area contributed by atoms with Gasteiger partial charge in [-0.3, -0.25) is 9.69 Å². The van der Waals surface area contributed by atoms with Crippen LogP contribution in [0.2, 0.25) is 0 Å². The van der Waals surface area contributed by atoms with Crippen LogP contribution in [0.1, 0.15) is 22.3 Å². The number of benzene rings is 3. The molecule has 32 heavy (non-hydrogen) atoms. The lowest BCUT2D eigenvalue weighted by Gasteiger charge is -2.36. The van der Waals surface area contributed by atoms with Crippen molar-refractivity contribution in [1.29, 1.82) is 0 Å². The lowest BCUT2D eigenvalue weighted by Crippen LogP contribution is -2.49. The number of likely N-dealkylation sites (tertiary alicyclic amines) is 1. The van der Waals surface area contributed by atoms with E-state index in [1.807, 2.05) is 11.0 Å². The average Bonchev–Trinajstić information content (AvgIpc) is 3.13. The Morgan fingerprint density at radius 2 is 1.88 bits per heavy atom. The Bertz CT molecular complexity index is 1310. The van der Waals surface area contributed by atoms with E-state index in [4.69, 9.17) is 10.1 Å². The molecule has 0 aliphatic carbocycles. The maximum absolute atomic E-state index is 14.9. The van der Waals surface area contributed by atoms with Crippen molar-refractivity contribution in [2.24, 2.45) is 5.92 Å². The van der Waals surface area contributed by atoms with E-state index in [2.05, 4.69) is 49.4 Å². The normalized spacial score (nSPS) is 14.6. The molecule has 1 aromatic heterocycles. The van der Waals surface area contributed by atoms with E-state index in [9.17, 15) is 9.18 Å². The summed E-state index contributed by atoms with van der Waals surface area (Å²) in [4.78, 5) is 17.7. The van der Waals surface area contributed by atoms with Gasteiger partial charge in [0.1, 0.15) is 10.8 Å². The van der Waals surface area contributed by atoms with E-state index in [0.717, 1.165) is 22.2 Å². The summed E-state index contributed by atoms with van der Waals surface area (Å²) in [5.41, 5.74) is 5.93. The summed E-state index contributed by atoms with van der Waals surface area (Å²) in [7, 11) is 0. The molecule has 4 nitrogen and oxygen atoms in total. The largest absolute Gasteiger partial charge is 0.481 e. The Hall–Kier alpha value is -3.09. The molecule has 0 spiro atoms. The van der Waals surface area contributed by atoms with Crippen LogP contribution in [0.25, 0.3) is 20.8 Å². The molecule has 1 saturated heterocycles. The Balaban J connectivity index is 1.33. The highest BCUT2D eigenvalue weighted by Crippen LogP contribution is 2.33. The number of carbonyl (C=O) groups is 1. The number of hydrogen-bond donors (Lipinski definition) is 1. The van der Waals surface area contributed by atoms with Gasteiger partial charge in [-0.1, -0.05) is 42.0 Å². The van der Waals surface area contributed by atoms with Crippen LogP contribution in [-0.2, 0) is 17.8 Å². The number of thiazole rings is 1. The zero-order chi connectivity index (χ0) is 22.2. The zero-order valence-corrected chi connectivity index (χ0v) is 18.5. The van der Waals surface area contributed by atoms with Crippen LogP contribution < -0.4 is 0 Å². The van der Waals surface area contributed by atoms with E-state index >= 15 is 0 Å². The van der Waals surface area contributed by atoms with Crippen LogP contribution in [0.15, 0.2) is 60.7 Å². The number of carboxylic acid groups (broad SMARTS) is 1. The van der Waals surface area contributed by atoms with Crippen LogP contribution in [0.4, 0.5) is 4.39 Å². The molecule has 0 amide bonds. The molecular formula is C26H23FN2O2S. The standard InChI is InChI=1S/C26H23FN2O2S/c1-16-3-2-4-17(9-16)10-18-6-8-24-23(12-18)28-25(32-24)21-7-5-19(11-22(21)27)13-29-14-20(15-29)26(30)31/h2-9,11-12,20H,10,13-15H2,1H3,(H,30,31). The SMILES string of the molecule is Cc1cccc(Cc2ccc3sc(-c4ccc(CN5CC(C(=O)O)C5)cc4F)nc3c2)c1. The number of carboxylic acids is 1. The molecule has 1 fully saturated rings. The number of nitrogens with zero attached hydrogens (tertiary/aromatic N) is 2. The van der Waals surface area contributed by atoms with Crippen molar-refractivity contribution in [2.75, 3.05) is 13.1 Å². The van der Waals surface area contributed by atoms with Crippen molar-refractivity contribution in [3.8, 4) is 10.6 Å². The highest BCUT2D eigenvalue weighted by atomic mass is 32.1. The minimum atomic E-state index is -0.763. The summed E-state index contributed by atoms with van der Waals surface area (Å²) in [6, 6.07) is 20.0. The first kappa shape index (κ1) is 20.8. The molecule has 1 aliphatic heterocycles. The van der Waals surface area contributed by atoms with Gasteiger partial charge < -0.3 is 5.11 Å². The smallest absolute Gasteiger partial charge is 0.309 e. The Labute approximate surface area is 190 Å². The molecule has 0 atom stereocenters. The van der Waals surface area contributed by atoms with E-state index in [-0.39, 0.29) is 11.7 Å². The average molecular weight is 447 g/mol. The minimum Gasteiger partial charge on any atom is -0.481 e. The quantitative estimate of drug-likeness (QED) is 0.424. The molecule has 1 N–H and O–H groups in total. The molecule has 0 bridgehead atoms. The first-order valence-electron chi connectivity index (χ1n) is 10.6. The third-order valence-corrected chi connectivity index (χ3v) is 6.99. The molecule has 4 aromatic rings. The van der Waals surface area contributed by atoms with Crippen LogP contribution in [-0.4, -0.2) is 34.0 Å². The molecule has 5 rings (SSSR count). The Morgan fingerprint density at radius 1 is 1.09 bits per heavy atom. The van der Waals surface area contributed by atoms with Crippen LogP contribution in [0.3, 0.4) is 0 Å². The lowest BCUT2D eigenvalue weighted by molar-refractivity contribution is -0.147. The van der Waals surface area contributed by atoms with Crippen molar-refractivity contribution in [1.82, 2.24) is 9.88 Å². The lowest BCUT2D eigenvalue weighted by atomic mass is 9.99. The van der Waals surface area contributed by atoms with Crippen LogP contribution in [0.5, 0.6) is 0 Å². The van der Waals surface area contributed by atoms with Crippen molar-refractivity contribution in [3.05, 3.63) is 88.7 Å². The molecule has 0 unspecified atom stereocenters. The molecule has 3 aromatic carbocycles. The maximum Gasteiger partial charge on any atom is 0.309 e. The van der Waals surface area contributed by atoms with Gasteiger partial charge in [-0.25, -0.2) is 9.37 Å². The first-order valence-corrected chi connectivity index (χ1v) is 11.5. The maximum atomic E-state index is 14.9. The first-order chi connectivity index (χ1) is 15.4. The monoisotopic (exact) mass is 446 g/mol. The van der Waals surface area contributed by atoms with Crippen LogP contribution in [0, 0.1) is 18.7 Å². The predicted octanol–water partition coefficient (Wildman–Crippen LogP) is 5.52. The van der Waals surface area contributed by atoms with Gasteiger partial charge in [-0.2, -0.15) is 0 Å². The van der Waals surface area contributed by atoms with E-state index in [1.165, 1.54) is 28.0 Å². The van der Waals surface area contributed by atoms with E-state index in [0.29, 0.717) is 30.2 Å². The molecule has 2 heterocycles. The fourth-order valence-corrected chi connectivity index (χ4v) is 5.17. The third-order valence-electron chi connectivity index (χ3n) is 5.92. The fraction of sp³-hybridized carbons (Fsp3) is 0.231. The van der Waals surface area contributed by atoms with Crippen molar-refractivity contribution in [3.63, 3.8) is 0 Å². The number of hydrogen-bond acceptors (Lipinski definition) is 4. The van der Waals surface area contributed by atoms with Gasteiger partial charge in [0.2, 0.25) is 0 Å². The molecule has 1 aliphatic rings. The van der Waals surface area contributed by atoms with Crippen LogP contribution >= 0.6 is 11.3 Å². The van der Waals surface area contributed by atoms with E-state index in [1.54, 1.807) is 12.1 Å². The summed E-state index contributed by atoms with van der Waals surface area (Å²) >= 11 is 1.49. The van der Waals surface area contributed by atoms with Gasteiger partial charge >= 0.3 is 5.97 Å². The topological polar surface area (TPSA) is 53.4 Å². The number of aromatic nitrogens is 1. The second kappa shape index (κ2) is 8.45.